The quantitative estimate of drug-likeness (QED) is 0.898. The maximum absolute atomic E-state index is 11.7. The molecular formula is C14H18BrNO2. The Labute approximate surface area is 116 Å². The van der Waals surface area contributed by atoms with Crippen LogP contribution < -0.4 is 5.73 Å². The molecule has 1 fully saturated rings. The van der Waals surface area contributed by atoms with Crippen molar-refractivity contribution in [1.29, 1.82) is 0 Å². The molecule has 0 saturated heterocycles. The Bertz CT molecular complexity index is 424. The van der Waals surface area contributed by atoms with Crippen LogP contribution in [0.25, 0.3) is 0 Å². The average Bonchev–Trinajstić information content (AvgIpc) is 2.83. The summed E-state index contributed by atoms with van der Waals surface area (Å²) >= 11 is 3.39. The zero-order chi connectivity index (χ0) is 13.2. The molecule has 0 aliphatic heterocycles. The first kappa shape index (κ1) is 13.6. The SMILES string of the molecule is NCC(c1ccc(Br)cc1)C1(C(=O)O)CCCC1. The maximum Gasteiger partial charge on any atom is 0.310 e. The third-order valence-corrected chi connectivity index (χ3v) is 4.63. The van der Waals surface area contributed by atoms with Gasteiger partial charge in [0.1, 0.15) is 0 Å². The fourth-order valence-corrected chi connectivity index (χ4v) is 3.36. The van der Waals surface area contributed by atoms with E-state index in [0.29, 0.717) is 6.54 Å². The molecule has 3 N–H and O–H groups in total. The van der Waals surface area contributed by atoms with Gasteiger partial charge in [0, 0.05) is 16.9 Å². The highest BCUT2D eigenvalue weighted by Gasteiger charge is 2.47. The molecule has 2 rings (SSSR count). The highest BCUT2D eigenvalue weighted by Crippen LogP contribution is 2.48. The minimum absolute atomic E-state index is 0.0920. The lowest BCUT2D eigenvalue weighted by Gasteiger charge is -2.33. The largest absolute Gasteiger partial charge is 0.481 e. The summed E-state index contributed by atoms with van der Waals surface area (Å²) in [5.41, 5.74) is 6.24. The molecule has 0 spiro atoms. The van der Waals surface area contributed by atoms with Gasteiger partial charge in [-0.15, -0.1) is 0 Å². The summed E-state index contributed by atoms with van der Waals surface area (Å²) in [4.78, 5) is 11.7. The van der Waals surface area contributed by atoms with Gasteiger partial charge >= 0.3 is 5.97 Å². The Balaban J connectivity index is 2.37. The monoisotopic (exact) mass is 311 g/mol. The number of carbonyl (C=O) groups is 1. The second-order valence-electron chi connectivity index (χ2n) is 5.01. The molecule has 1 aliphatic rings. The number of benzene rings is 1. The molecule has 1 saturated carbocycles. The van der Waals surface area contributed by atoms with E-state index in [9.17, 15) is 9.90 Å². The summed E-state index contributed by atoms with van der Waals surface area (Å²) in [7, 11) is 0. The Morgan fingerprint density at radius 3 is 2.33 bits per heavy atom. The zero-order valence-corrected chi connectivity index (χ0v) is 11.8. The van der Waals surface area contributed by atoms with E-state index in [1.807, 2.05) is 24.3 Å². The van der Waals surface area contributed by atoms with Crippen molar-refractivity contribution in [1.82, 2.24) is 0 Å². The maximum atomic E-state index is 11.7. The Hall–Kier alpha value is -0.870. The first-order chi connectivity index (χ1) is 8.60. The average molecular weight is 312 g/mol. The summed E-state index contributed by atoms with van der Waals surface area (Å²) in [6.45, 7) is 0.383. The van der Waals surface area contributed by atoms with Gasteiger partial charge < -0.3 is 10.8 Å². The molecule has 1 aliphatic carbocycles. The van der Waals surface area contributed by atoms with E-state index < -0.39 is 11.4 Å². The fourth-order valence-electron chi connectivity index (χ4n) is 3.09. The van der Waals surface area contributed by atoms with Crippen LogP contribution in [0.15, 0.2) is 28.7 Å². The van der Waals surface area contributed by atoms with E-state index in [-0.39, 0.29) is 5.92 Å². The van der Waals surface area contributed by atoms with Crippen LogP contribution in [-0.4, -0.2) is 17.6 Å². The van der Waals surface area contributed by atoms with Crippen molar-refractivity contribution in [2.75, 3.05) is 6.54 Å². The lowest BCUT2D eigenvalue weighted by molar-refractivity contribution is -0.150. The second kappa shape index (κ2) is 5.41. The summed E-state index contributed by atoms with van der Waals surface area (Å²) < 4.78 is 0.998. The molecule has 1 atom stereocenters. The van der Waals surface area contributed by atoms with Crippen LogP contribution in [0.3, 0.4) is 0 Å². The van der Waals surface area contributed by atoms with Crippen LogP contribution in [0.2, 0.25) is 0 Å². The Morgan fingerprint density at radius 2 is 1.89 bits per heavy atom. The van der Waals surface area contributed by atoms with E-state index >= 15 is 0 Å². The summed E-state index contributed by atoms with van der Waals surface area (Å²) in [5.74, 6) is -0.788. The van der Waals surface area contributed by atoms with E-state index in [1.54, 1.807) is 0 Å². The smallest absolute Gasteiger partial charge is 0.310 e. The molecule has 0 radical (unpaired) electrons. The molecule has 0 amide bonds. The molecule has 1 aromatic rings. The van der Waals surface area contributed by atoms with Gasteiger partial charge in [-0.25, -0.2) is 0 Å². The number of halogens is 1. The molecule has 4 heteroatoms. The summed E-state index contributed by atoms with van der Waals surface area (Å²) in [6.07, 6.45) is 3.44. The van der Waals surface area contributed by atoms with E-state index in [2.05, 4.69) is 15.9 Å². The van der Waals surface area contributed by atoms with E-state index in [0.717, 1.165) is 35.7 Å². The van der Waals surface area contributed by atoms with Crippen molar-refractivity contribution in [3.05, 3.63) is 34.3 Å². The van der Waals surface area contributed by atoms with Gasteiger partial charge in [-0.1, -0.05) is 40.9 Å². The summed E-state index contributed by atoms with van der Waals surface area (Å²) in [6, 6.07) is 7.85. The predicted molar refractivity (Wildman–Crippen MR) is 74.5 cm³/mol. The van der Waals surface area contributed by atoms with Crippen molar-refractivity contribution in [3.63, 3.8) is 0 Å². The van der Waals surface area contributed by atoms with E-state index in [4.69, 9.17) is 5.73 Å². The highest BCUT2D eigenvalue weighted by molar-refractivity contribution is 9.10. The molecule has 3 nitrogen and oxygen atoms in total. The number of carboxylic acids is 1. The van der Waals surface area contributed by atoms with Gasteiger partial charge in [-0.05, 0) is 30.5 Å². The van der Waals surface area contributed by atoms with Crippen LogP contribution in [-0.2, 0) is 4.79 Å². The normalized spacial score (nSPS) is 19.7. The van der Waals surface area contributed by atoms with Crippen LogP contribution in [0.1, 0.15) is 37.2 Å². The topological polar surface area (TPSA) is 63.3 Å². The van der Waals surface area contributed by atoms with E-state index in [1.165, 1.54) is 0 Å². The standard InChI is InChI=1S/C14H18BrNO2/c15-11-5-3-10(4-6-11)12(9-16)14(13(17)18)7-1-2-8-14/h3-6,12H,1-2,7-9,16H2,(H,17,18). The number of hydrogen-bond acceptors (Lipinski definition) is 2. The number of aliphatic carboxylic acids is 1. The van der Waals surface area contributed by atoms with Gasteiger partial charge in [-0.3, -0.25) is 4.79 Å². The Morgan fingerprint density at radius 1 is 1.33 bits per heavy atom. The van der Waals surface area contributed by atoms with Gasteiger partial charge in [0.25, 0.3) is 0 Å². The lowest BCUT2D eigenvalue weighted by atomic mass is 9.70. The van der Waals surface area contributed by atoms with Crippen LogP contribution in [0.5, 0.6) is 0 Å². The van der Waals surface area contributed by atoms with Crippen molar-refractivity contribution < 1.29 is 9.90 Å². The third kappa shape index (κ3) is 2.31. The van der Waals surface area contributed by atoms with Crippen LogP contribution in [0.4, 0.5) is 0 Å². The zero-order valence-electron chi connectivity index (χ0n) is 10.2. The predicted octanol–water partition coefficient (Wildman–Crippen LogP) is 3.14. The molecule has 1 unspecified atom stereocenters. The number of nitrogens with two attached hydrogens (primary N) is 1. The lowest BCUT2D eigenvalue weighted by Crippen LogP contribution is -2.38. The molecule has 0 heterocycles. The molecule has 1 aromatic carbocycles. The minimum atomic E-state index is -0.696. The number of hydrogen-bond donors (Lipinski definition) is 2. The third-order valence-electron chi connectivity index (χ3n) is 4.10. The van der Waals surface area contributed by atoms with Crippen molar-refractivity contribution in [2.45, 2.75) is 31.6 Å². The molecule has 0 bridgehead atoms. The molecular weight excluding hydrogens is 294 g/mol. The first-order valence-corrected chi connectivity index (χ1v) is 7.08. The van der Waals surface area contributed by atoms with Gasteiger partial charge in [-0.2, -0.15) is 0 Å². The van der Waals surface area contributed by atoms with Gasteiger partial charge in [0.15, 0.2) is 0 Å². The molecule has 98 valence electrons. The van der Waals surface area contributed by atoms with Gasteiger partial charge in [0.05, 0.1) is 5.41 Å². The Kier molecular flexibility index (Phi) is 4.07. The summed E-state index contributed by atoms with van der Waals surface area (Å²) in [5, 5.41) is 9.62. The number of carboxylic acid groups (broad SMARTS) is 1. The van der Waals surface area contributed by atoms with Gasteiger partial charge in [0.2, 0.25) is 0 Å². The molecule has 18 heavy (non-hydrogen) atoms. The number of rotatable bonds is 4. The van der Waals surface area contributed by atoms with Crippen LogP contribution >= 0.6 is 15.9 Å². The van der Waals surface area contributed by atoms with Crippen molar-refractivity contribution in [2.24, 2.45) is 11.1 Å². The fraction of sp³-hybridized carbons (Fsp3) is 0.500. The van der Waals surface area contributed by atoms with Crippen molar-refractivity contribution >= 4 is 21.9 Å². The second-order valence-corrected chi connectivity index (χ2v) is 5.92. The highest BCUT2D eigenvalue weighted by atomic mass is 79.9. The first-order valence-electron chi connectivity index (χ1n) is 6.29. The molecule has 0 aromatic heterocycles. The minimum Gasteiger partial charge on any atom is -0.481 e. The van der Waals surface area contributed by atoms with Crippen molar-refractivity contribution in [3.8, 4) is 0 Å². The van der Waals surface area contributed by atoms with Crippen LogP contribution in [0, 0.1) is 5.41 Å².